The average molecular weight is 521 g/mol. The number of nitrogens with zero attached hydrogens (tertiary/aromatic N) is 5. The maximum Gasteiger partial charge on any atom is 0.407 e. The molecular weight excluding hydrogens is 505 g/mol. The van der Waals surface area contributed by atoms with Crippen LogP contribution < -0.4 is 5.32 Å². The first-order chi connectivity index (χ1) is 16.8. The fourth-order valence-corrected chi connectivity index (χ4v) is 5.64. The number of thiazole rings is 1. The molecule has 2 fully saturated rings. The molecule has 180 valence electrons. The van der Waals surface area contributed by atoms with Crippen LogP contribution in [0.2, 0.25) is 5.02 Å². The number of cyclic esters (lactones) is 1. The molecule has 0 radical (unpaired) electrons. The van der Waals surface area contributed by atoms with E-state index in [0.717, 1.165) is 5.70 Å². The van der Waals surface area contributed by atoms with Gasteiger partial charge in [0.1, 0.15) is 24.0 Å². The minimum absolute atomic E-state index is 0.137. The number of halogens is 4. The molecule has 8 nitrogen and oxygen atoms in total. The van der Waals surface area contributed by atoms with Gasteiger partial charge in [-0.1, -0.05) is 17.7 Å². The average Bonchev–Trinajstić information content (AvgIpc) is 3.60. The summed E-state index contributed by atoms with van der Waals surface area (Å²) in [5.74, 6) is 0.0255. The maximum absolute atomic E-state index is 13.9. The third kappa shape index (κ3) is 3.67. The fourth-order valence-electron chi connectivity index (χ4n) is 4.73. The van der Waals surface area contributed by atoms with Gasteiger partial charge in [0.05, 0.1) is 12.2 Å². The van der Waals surface area contributed by atoms with Crippen LogP contribution in [0, 0.1) is 5.82 Å². The normalized spacial score (nSPS) is 23.7. The quantitative estimate of drug-likeness (QED) is 0.542. The van der Waals surface area contributed by atoms with Crippen LogP contribution in [0.3, 0.4) is 0 Å². The van der Waals surface area contributed by atoms with Crippen LogP contribution >= 0.6 is 22.9 Å². The molecule has 3 aliphatic rings. The zero-order chi connectivity index (χ0) is 24.3. The molecule has 0 bridgehead atoms. The lowest BCUT2D eigenvalue weighted by Gasteiger charge is -2.32. The molecule has 1 N–H and O–H groups in total. The number of aromatic nitrogens is 3. The minimum atomic E-state index is -2.83. The van der Waals surface area contributed by atoms with Gasteiger partial charge in [0.15, 0.2) is 10.8 Å². The van der Waals surface area contributed by atoms with E-state index in [1.165, 1.54) is 41.8 Å². The van der Waals surface area contributed by atoms with Gasteiger partial charge in [0, 0.05) is 46.1 Å². The topological polar surface area (TPSA) is 84.6 Å². The Morgan fingerprint density at radius 2 is 2.17 bits per heavy atom. The lowest BCUT2D eigenvalue weighted by atomic mass is 9.90. The number of aliphatic imine (C=N–C) groups is 1. The predicted octanol–water partition coefficient (Wildman–Crippen LogP) is 4.62. The van der Waals surface area contributed by atoms with Gasteiger partial charge in [-0.05, 0) is 18.2 Å². The van der Waals surface area contributed by atoms with Gasteiger partial charge >= 0.3 is 12.6 Å². The number of alkyl halides is 2. The van der Waals surface area contributed by atoms with Crippen LogP contribution in [0.5, 0.6) is 0 Å². The van der Waals surface area contributed by atoms with Crippen molar-refractivity contribution in [2.45, 2.75) is 24.6 Å². The van der Waals surface area contributed by atoms with Gasteiger partial charge in [-0.3, -0.25) is 4.99 Å². The van der Waals surface area contributed by atoms with Gasteiger partial charge in [-0.15, -0.1) is 11.3 Å². The number of hydrogen-bond acceptors (Lipinski definition) is 7. The minimum Gasteiger partial charge on any atom is -0.447 e. The van der Waals surface area contributed by atoms with Crippen molar-refractivity contribution in [3.8, 4) is 0 Å². The number of hydrogen-bond donors (Lipinski definition) is 1. The van der Waals surface area contributed by atoms with Crippen molar-refractivity contribution in [2.75, 3.05) is 13.2 Å². The van der Waals surface area contributed by atoms with Crippen LogP contribution in [-0.2, 0) is 4.74 Å². The second-order valence-corrected chi connectivity index (χ2v) is 9.72. The SMILES string of the molecule is O=C1N[C@]2(CO1)CC1=C(c3ccn(C(F)F)n3)[C@H](c3ccc(F)cc3Cl)N=C(c3nccs3)N1C2. The number of rotatable bonds is 4. The molecule has 5 heterocycles. The Labute approximate surface area is 205 Å². The summed E-state index contributed by atoms with van der Waals surface area (Å²) in [4.78, 5) is 23.2. The van der Waals surface area contributed by atoms with E-state index in [-0.39, 0.29) is 17.3 Å². The number of fused-ring (bicyclic) bond motifs is 1. The number of benzene rings is 1. The van der Waals surface area contributed by atoms with E-state index in [2.05, 4.69) is 15.4 Å². The van der Waals surface area contributed by atoms with Crippen molar-refractivity contribution < 1.29 is 22.7 Å². The Bertz CT molecular complexity index is 1390. The molecule has 0 saturated carbocycles. The first-order valence-electron chi connectivity index (χ1n) is 10.6. The van der Waals surface area contributed by atoms with Crippen LogP contribution in [0.15, 0.2) is 52.7 Å². The van der Waals surface area contributed by atoms with Crippen molar-refractivity contribution >= 4 is 40.4 Å². The van der Waals surface area contributed by atoms with Crippen LogP contribution in [0.25, 0.3) is 5.57 Å². The zero-order valence-corrected chi connectivity index (χ0v) is 19.4. The van der Waals surface area contributed by atoms with E-state index in [1.54, 1.807) is 6.20 Å². The van der Waals surface area contributed by atoms with Crippen molar-refractivity contribution in [1.82, 2.24) is 25.0 Å². The van der Waals surface area contributed by atoms with Crippen molar-refractivity contribution in [3.05, 3.63) is 74.8 Å². The van der Waals surface area contributed by atoms with E-state index in [4.69, 9.17) is 21.3 Å². The first-order valence-corrected chi connectivity index (χ1v) is 11.8. The highest BCUT2D eigenvalue weighted by molar-refractivity contribution is 7.11. The molecule has 2 saturated heterocycles. The summed E-state index contributed by atoms with van der Waals surface area (Å²) in [5, 5.41) is 9.57. The van der Waals surface area contributed by atoms with E-state index in [9.17, 15) is 18.0 Å². The highest BCUT2D eigenvalue weighted by atomic mass is 35.5. The molecule has 1 spiro atoms. The summed E-state index contributed by atoms with van der Waals surface area (Å²) in [7, 11) is 0. The standard InChI is InChI=1S/C22H16ClF3N6O2S/c23-13-7-11(24)1-2-12(13)17-16(14-3-5-32(30-14)20(25)26)15-8-22(10-34-21(33)29-22)9-31(15)18(28-17)19-27-4-6-35-19/h1-7,17,20H,8-10H2,(H,29,33)/t17-,22+/m0/s1. The molecule has 35 heavy (non-hydrogen) atoms. The van der Waals surface area contributed by atoms with E-state index in [1.807, 2.05) is 10.3 Å². The summed E-state index contributed by atoms with van der Waals surface area (Å²) < 4.78 is 46.4. The van der Waals surface area contributed by atoms with Crippen molar-refractivity contribution in [2.24, 2.45) is 4.99 Å². The first kappa shape index (κ1) is 22.1. The monoisotopic (exact) mass is 520 g/mol. The van der Waals surface area contributed by atoms with Gasteiger partial charge in [0.25, 0.3) is 0 Å². The second kappa shape index (κ2) is 8.09. The number of carbonyl (C=O) groups is 1. The molecule has 1 amide bonds. The van der Waals surface area contributed by atoms with E-state index >= 15 is 0 Å². The number of amides is 1. The number of carbonyl (C=O) groups excluding carboxylic acids is 1. The lowest BCUT2D eigenvalue weighted by molar-refractivity contribution is 0.0564. The van der Waals surface area contributed by atoms with E-state index < -0.39 is 30.0 Å². The fraction of sp³-hybridized carbons (Fsp3) is 0.273. The molecule has 13 heteroatoms. The predicted molar refractivity (Wildman–Crippen MR) is 122 cm³/mol. The number of alkyl carbamates (subject to hydrolysis) is 1. The number of ether oxygens (including phenoxy) is 1. The van der Waals surface area contributed by atoms with Crippen LogP contribution in [0.1, 0.15) is 35.3 Å². The van der Waals surface area contributed by atoms with Gasteiger partial charge < -0.3 is 15.0 Å². The maximum atomic E-state index is 13.9. The summed E-state index contributed by atoms with van der Waals surface area (Å²) in [5.41, 5.74) is 1.29. The molecule has 1 aromatic carbocycles. The van der Waals surface area contributed by atoms with Crippen molar-refractivity contribution in [3.63, 3.8) is 0 Å². The Hall–Kier alpha value is -3.38. The molecule has 0 aliphatic carbocycles. The second-order valence-electron chi connectivity index (χ2n) is 8.42. The van der Waals surface area contributed by atoms with Crippen molar-refractivity contribution in [1.29, 1.82) is 0 Å². The van der Waals surface area contributed by atoms with E-state index in [0.29, 0.717) is 39.6 Å². The number of nitrogens with one attached hydrogen (secondary N) is 1. The third-order valence-electron chi connectivity index (χ3n) is 6.20. The molecule has 2 atom stereocenters. The van der Waals surface area contributed by atoms with Gasteiger partial charge in [0.2, 0.25) is 0 Å². The highest BCUT2D eigenvalue weighted by Gasteiger charge is 2.52. The van der Waals surface area contributed by atoms with Gasteiger partial charge in [-0.2, -0.15) is 13.9 Å². The highest BCUT2D eigenvalue weighted by Crippen LogP contribution is 2.48. The molecular formula is C22H16ClF3N6O2S. The summed E-state index contributed by atoms with van der Waals surface area (Å²) in [6.07, 6.45) is 2.65. The molecule has 6 rings (SSSR count). The molecule has 2 aromatic heterocycles. The zero-order valence-electron chi connectivity index (χ0n) is 17.8. The summed E-state index contributed by atoms with van der Waals surface area (Å²) in [6, 6.07) is 4.69. The Kier molecular flexibility index (Phi) is 5.11. The Balaban J connectivity index is 1.58. The van der Waals surface area contributed by atoms with Crippen LogP contribution in [-0.4, -0.2) is 50.3 Å². The Morgan fingerprint density at radius 3 is 2.83 bits per heavy atom. The lowest BCUT2D eigenvalue weighted by Crippen LogP contribution is -2.46. The molecule has 3 aromatic rings. The largest absolute Gasteiger partial charge is 0.447 e. The number of amidine groups is 1. The van der Waals surface area contributed by atoms with Crippen LogP contribution in [0.4, 0.5) is 18.0 Å². The third-order valence-corrected chi connectivity index (χ3v) is 7.29. The smallest absolute Gasteiger partial charge is 0.407 e. The van der Waals surface area contributed by atoms with Gasteiger partial charge in [-0.25, -0.2) is 18.9 Å². The summed E-state index contributed by atoms with van der Waals surface area (Å²) >= 11 is 7.83. The molecule has 3 aliphatic heterocycles. The Morgan fingerprint density at radius 1 is 1.31 bits per heavy atom. The summed E-state index contributed by atoms with van der Waals surface area (Å²) in [6.45, 7) is -2.35. The molecule has 0 unspecified atom stereocenters.